The van der Waals surface area contributed by atoms with E-state index in [1.807, 2.05) is 36.4 Å². The number of hydrogen-bond donors (Lipinski definition) is 1. The second kappa shape index (κ2) is 10.9. The number of carbonyl (C=O) groups excluding carboxylic acids is 1. The van der Waals surface area contributed by atoms with E-state index < -0.39 is 0 Å². The van der Waals surface area contributed by atoms with E-state index in [1.54, 1.807) is 12.1 Å². The first-order valence-corrected chi connectivity index (χ1v) is 11.5. The van der Waals surface area contributed by atoms with Crippen LogP contribution in [0.4, 0.5) is 5.69 Å². The zero-order valence-corrected chi connectivity index (χ0v) is 19.2. The number of amides is 1. The number of aliphatic imine (C=N–C) groups is 1. The quantitative estimate of drug-likeness (QED) is 0.320. The molecule has 1 aliphatic rings. The molecule has 0 spiro atoms. The lowest BCUT2D eigenvalue weighted by atomic mass is 10.2. The van der Waals surface area contributed by atoms with Crippen molar-refractivity contribution in [1.29, 1.82) is 0 Å². The molecule has 1 aliphatic heterocycles. The summed E-state index contributed by atoms with van der Waals surface area (Å²) in [7, 11) is 0. The molecule has 0 bridgehead atoms. The molecule has 152 valence electrons. The van der Waals surface area contributed by atoms with Crippen LogP contribution in [0.5, 0.6) is 5.75 Å². The van der Waals surface area contributed by atoms with E-state index >= 15 is 0 Å². The third-order valence-corrected chi connectivity index (χ3v) is 5.88. The topological polar surface area (TPSA) is 50.7 Å². The van der Waals surface area contributed by atoms with Crippen molar-refractivity contribution in [3.8, 4) is 5.75 Å². The van der Waals surface area contributed by atoms with Crippen LogP contribution in [0.15, 0.2) is 56.8 Å². The summed E-state index contributed by atoms with van der Waals surface area (Å²) in [5, 5.41) is 4.00. The van der Waals surface area contributed by atoms with Crippen molar-refractivity contribution in [2.24, 2.45) is 4.99 Å². The number of halogens is 2. The van der Waals surface area contributed by atoms with Crippen LogP contribution in [0.1, 0.15) is 38.2 Å². The van der Waals surface area contributed by atoms with E-state index in [2.05, 4.69) is 33.2 Å². The Balaban J connectivity index is 1.74. The summed E-state index contributed by atoms with van der Waals surface area (Å²) >= 11 is 10.7. The summed E-state index contributed by atoms with van der Waals surface area (Å²) in [6.07, 6.45) is 6.44. The van der Waals surface area contributed by atoms with Gasteiger partial charge in [0.25, 0.3) is 5.91 Å². The molecule has 2 aromatic rings. The van der Waals surface area contributed by atoms with Crippen molar-refractivity contribution >= 4 is 62.1 Å². The van der Waals surface area contributed by atoms with E-state index in [4.69, 9.17) is 16.3 Å². The second-order valence-electron chi connectivity index (χ2n) is 6.55. The van der Waals surface area contributed by atoms with Gasteiger partial charge in [-0.05, 0) is 66.7 Å². The van der Waals surface area contributed by atoms with Gasteiger partial charge in [0, 0.05) is 15.1 Å². The maximum atomic E-state index is 12.4. The Morgan fingerprint density at radius 1 is 1.17 bits per heavy atom. The number of rotatable bonds is 8. The fourth-order valence-corrected chi connectivity index (χ4v) is 4.07. The molecule has 1 saturated heterocycles. The lowest BCUT2D eigenvalue weighted by Gasteiger charge is -2.10. The first-order chi connectivity index (χ1) is 14.0. The van der Waals surface area contributed by atoms with Crippen LogP contribution in [0, 0.1) is 0 Å². The van der Waals surface area contributed by atoms with Gasteiger partial charge in [0.05, 0.1) is 17.2 Å². The molecule has 0 atom stereocenters. The van der Waals surface area contributed by atoms with Crippen molar-refractivity contribution in [1.82, 2.24) is 5.32 Å². The first kappa shape index (κ1) is 21.9. The summed E-state index contributed by atoms with van der Waals surface area (Å²) in [5.41, 5.74) is 1.59. The number of benzene rings is 2. The van der Waals surface area contributed by atoms with Crippen LogP contribution in [-0.4, -0.2) is 17.7 Å². The molecule has 0 saturated carbocycles. The van der Waals surface area contributed by atoms with Crippen molar-refractivity contribution in [3.63, 3.8) is 0 Å². The average Bonchev–Trinajstić information content (AvgIpc) is 3.04. The predicted molar refractivity (Wildman–Crippen MR) is 126 cm³/mol. The van der Waals surface area contributed by atoms with Crippen LogP contribution in [0.2, 0.25) is 5.02 Å². The third kappa shape index (κ3) is 6.63. The summed E-state index contributed by atoms with van der Waals surface area (Å²) in [5.74, 6) is 0.602. The number of ether oxygens (including phenoxy) is 1. The van der Waals surface area contributed by atoms with Gasteiger partial charge >= 0.3 is 0 Å². The number of hydrogen-bond acceptors (Lipinski definition) is 4. The Morgan fingerprint density at radius 2 is 1.97 bits per heavy atom. The number of nitrogens with one attached hydrogen (secondary N) is 1. The van der Waals surface area contributed by atoms with Gasteiger partial charge in [0.2, 0.25) is 0 Å². The molecule has 2 aromatic carbocycles. The molecule has 0 aliphatic carbocycles. The largest absolute Gasteiger partial charge is 0.493 e. The molecule has 1 fully saturated rings. The Labute approximate surface area is 188 Å². The molecule has 7 heteroatoms. The minimum atomic E-state index is -0.170. The van der Waals surface area contributed by atoms with Gasteiger partial charge in [-0.15, -0.1) is 0 Å². The van der Waals surface area contributed by atoms with Crippen molar-refractivity contribution in [3.05, 3.63) is 62.4 Å². The standard InChI is InChI=1S/C22H22BrClN2O2S/c1-2-3-4-5-12-28-19-11-6-16(23)13-15(19)14-20-21(27)26-22(29-20)25-18-9-7-17(24)8-10-18/h6-11,13-14H,2-5,12H2,1H3,(H,25,26,27)/b20-14+. The Morgan fingerprint density at radius 3 is 2.72 bits per heavy atom. The molecule has 3 rings (SSSR count). The molecule has 0 aromatic heterocycles. The summed E-state index contributed by atoms with van der Waals surface area (Å²) in [6.45, 7) is 2.86. The Kier molecular flexibility index (Phi) is 8.21. The van der Waals surface area contributed by atoms with E-state index in [1.165, 1.54) is 24.6 Å². The van der Waals surface area contributed by atoms with E-state index in [9.17, 15) is 4.79 Å². The summed E-state index contributed by atoms with van der Waals surface area (Å²) < 4.78 is 6.90. The predicted octanol–water partition coefficient (Wildman–Crippen LogP) is 6.95. The lowest BCUT2D eigenvalue weighted by molar-refractivity contribution is -0.115. The smallest absolute Gasteiger partial charge is 0.264 e. The lowest BCUT2D eigenvalue weighted by Crippen LogP contribution is -2.19. The molecule has 0 unspecified atom stereocenters. The first-order valence-electron chi connectivity index (χ1n) is 9.52. The van der Waals surface area contributed by atoms with E-state index in [-0.39, 0.29) is 5.91 Å². The highest BCUT2D eigenvalue weighted by Gasteiger charge is 2.24. The zero-order valence-electron chi connectivity index (χ0n) is 16.1. The fraction of sp³-hybridized carbons (Fsp3) is 0.273. The molecule has 29 heavy (non-hydrogen) atoms. The maximum absolute atomic E-state index is 12.4. The average molecular weight is 494 g/mol. The Bertz CT molecular complexity index is 929. The van der Waals surface area contributed by atoms with Crippen LogP contribution in [0.3, 0.4) is 0 Å². The summed E-state index contributed by atoms with van der Waals surface area (Å²) in [6, 6.07) is 13.0. The highest BCUT2D eigenvalue weighted by Crippen LogP contribution is 2.32. The minimum Gasteiger partial charge on any atom is -0.493 e. The molecular formula is C22H22BrClN2O2S. The van der Waals surface area contributed by atoms with E-state index in [0.29, 0.717) is 21.7 Å². The van der Waals surface area contributed by atoms with Crippen LogP contribution in [0.25, 0.3) is 6.08 Å². The van der Waals surface area contributed by atoms with Crippen LogP contribution >= 0.6 is 39.3 Å². The van der Waals surface area contributed by atoms with Gasteiger partial charge in [-0.1, -0.05) is 53.7 Å². The van der Waals surface area contributed by atoms with Gasteiger partial charge in [-0.2, -0.15) is 0 Å². The van der Waals surface area contributed by atoms with Gasteiger partial charge in [-0.3, -0.25) is 4.79 Å². The van der Waals surface area contributed by atoms with Gasteiger partial charge in [0.1, 0.15) is 5.75 Å². The summed E-state index contributed by atoms with van der Waals surface area (Å²) in [4.78, 5) is 17.5. The van der Waals surface area contributed by atoms with Crippen molar-refractivity contribution in [2.75, 3.05) is 6.61 Å². The maximum Gasteiger partial charge on any atom is 0.264 e. The molecule has 4 nitrogen and oxygen atoms in total. The Hall–Kier alpha value is -1.76. The van der Waals surface area contributed by atoms with Gasteiger partial charge in [-0.25, -0.2) is 4.99 Å². The second-order valence-corrected chi connectivity index (χ2v) is 8.93. The van der Waals surface area contributed by atoms with Crippen LogP contribution < -0.4 is 10.1 Å². The number of nitrogens with zero attached hydrogens (tertiary/aromatic N) is 1. The monoisotopic (exact) mass is 492 g/mol. The number of carbonyl (C=O) groups is 1. The normalized spacial score (nSPS) is 16.4. The SMILES string of the molecule is CCCCCCOc1ccc(Br)cc1/C=C1/SC(=Nc2ccc(Cl)cc2)NC1=O. The number of amidine groups is 1. The van der Waals surface area contributed by atoms with E-state index in [0.717, 1.165) is 34.3 Å². The molecule has 0 radical (unpaired) electrons. The molecule has 1 heterocycles. The van der Waals surface area contributed by atoms with Gasteiger partial charge in [0.15, 0.2) is 5.17 Å². The van der Waals surface area contributed by atoms with Crippen molar-refractivity contribution in [2.45, 2.75) is 32.6 Å². The van der Waals surface area contributed by atoms with Gasteiger partial charge < -0.3 is 10.1 Å². The molecular weight excluding hydrogens is 472 g/mol. The number of unbranched alkanes of at least 4 members (excludes halogenated alkanes) is 3. The highest BCUT2D eigenvalue weighted by molar-refractivity contribution is 9.10. The third-order valence-electron chi connectivity index (χ3n) is 4.22. The fourth-order valence-electron chi connectivity index (χ4n) is 2.73. The molecule has 1 N–H and O–H groups in total. The minimum absolute atomic E-state index is 0.170. The molecule has 1 amide bonds. The zero-order chi connectivity index (χ0) is 20.6. The number of thioether (sulfide) groups is 1. The highest BCUT2D eigenvalue weighted by atomic mass is 79.9. The van der Waals surface area contributed by atoms with Crippen LogP contribution in [-0.2, 0) is 4.79 Å². The van der Waals surface area contributed by atoms with Crippen molar-refractivity contribution < 1.29 is 9.53 Å².